The van der Waals surface area contributed by atoms with Crippen molar-refractivity contribution in [3.05, 3.63) is 51.2 Å². The van der Waals surface area contributed by atoms with E-state index in [-0.39, 0.29) is 24.3 Å². The van der Waals surface area contributed by atoms with Gasteiger partial charge in [-0.05, 0) is 56.2 Å². The van der Waals surface area contributed by atoms with Crippen LogP contribution in [0.25, 0.3) is 0 Å². The molecule has 2 N–H and O–H groups in total. The van der Waals surface area contributed by atoms with Gasteiger partial charge in [0.2, 0.25) is 11.8 Å². The van der Waals surface area contributed by atoms with Gasteiger partial charge in [0.25, 0.3) is 5.91 Å². The van der Waals surface area contributed by atoms with Crippen LogP contribution < -0.4 is 10.6 Å². The van der Waals surface area contributed by atoms with Crippen molar-refractivity contribution in [2.45, 2.75) is 39.7 Å². The molecule has 1 saturated heterocycles. The van der Waals surface area contributed by atoms with Gasteiger partial charge in [-0.3, -0.25) is 14.4 Å². The van der Waals surface area contributed by atoms with E-state index in [2.05, 4.69) is 10.6 Å². The molecule has 1 aliphatic rings. The van der Waals surface area contributed by atoms with Gasteiger partial charge in [0.15, 0.2) is 0 Å². The molecule has 1 aromatic carbocycles. The molecule has 6 nitrogen and oxygen atoms in total. The lowest BCUT2D eigenvalue weighted by Gasteiger charge is -2.23. The second-order valence-corrected chi connectivity index (χ2v) is 8.12. The zero-order valence-corrected chi connectivity index (χ0v) is 17.2. The molecule has 3 amide bonds. The Hall–Kier alpha value is -2.67. The molecule has 2 aromatic rings. The van der Waals surface area contributed by atoms with Crippen molar-refractivity contribution in [1.29, 1.82) is 0 Å². The molecule has 1 aliphatic heterocycles. The molecule has 148 valence electrons. The van der Waals surface area contributed by atoms with Gasteiger partial charge in [-0.1, -0.05) is 23.8 Å². The summed E-state index contributed by atoms with van der Waals surface area (Å²) < 4.78 is 0. The number of carbonyl (C=O) groups is 3. The maximum atomic E-state index is 12.6. The molecular formula is C21H25N3O3S. The number of benzene rings is 1. The summed E-state index contributed by atoms with van der Waals surface area (Å²) in [5, 5.41) is 7.40. The van der Waals surface area contributed by atoms with Crippen molar-refractivity contribution in [2.75, 3.05) is 18.4 Å². The van der Waals surface area contributed by atoms with Crippen LogP contribution in [0.4, 0.5) is 5.69 Å². The Bertz CT molecular complexity index is 869. The third-order valence-electron chi connectivity index (χ3n) is 4.91. The molecule has 0 bridgehead atoms. The first-order valence-electron chi connectivity index (χ1n) is 9.36. The first kappa shape index (κ1) is 20.1. The largest absolute Gasteiger partial charge is 0.345 e. The molecule has 0 saturated carbocycles. The number of likely N-dealkylation sites (tertiary alicyclic amines) is 1. The molecule has 28 heavy (non-hydrogen) atoms. The molecule has 1 atom stereocenters. The van der Waals surface area contributed by atoms with E-state index < -0.39 is 6.04 Å². The molecule has 0 radical (unpaired) electrons. The van der Waals surface area contributed by atoms with E-state index in [1.807, 2.05) is 44.4 Å². The molecule has 0 spiro atoms. The average Bonchev–Trinajstić information content (AvgIpc) is 3.33. The lowest BCUT2D eigenvalue weighted by atomic mass is 10.1. The van der Waals surface area contributed by atoms with E-state index in [1.165, 1.54) is 11.3 Å². The SMILES string of the molecule is Cc1cc(C)c(NC(=O)CNC(=O)[C@@H]2CCCN2C(=O)c2cccs2)c(C)c1. The second kappa shape index (κ2) is 8.56. The Labute approximate surface area is 168 Å². The first-order valence-corrected chi connectivity index (χ1v) is 10.2. The number of hydrogen-bond acceptors (Lipinski definition) is 4. The van der Waals surface area contributed by atoms with Crippen molar-refractivity contribution >= 4 is 34.7 Å². The minimum Gasteiger partial charge on any atom is -0.345 e. The number of nitrogens with one attached hydrogen (secondary N) is 2. The third kappa shape index (κ3) is 4.42. The molecule has 0 unspecified atom stereocenters. The summed E-state index contributed by atoms with van der Waals surface area (Å²) >= 11 is 1.37. The summed E-state index contributed by atoms with van der Waals surface area (Å²) in [5.41, 5.74) is 3.89. The lowest BCUT2D eigenvalue weighted by molar-refractivity contribution is -0.127. The normalized spacial score (nSPS) is 16.1. The number of thiophene rings is 1. The standard InChI is InChI=1S/C21H25N3O3S/c1-13-10-14(2)19(15(3)11-13)23-18(25)12-22-20(26)16-6-4-8-24(16)21(27)17-7-5-9-28-17/h5,7,9-11,16H,4,6,8,12H2,1-3H3,(H,22,26)(H,23,25)/t16-/m0/s1. The van der Waals surface area contributed by atoms with Crippen LogP contribution >= 0.6 is 11.3 Å². The third-order valence-corrected chi connectivity index (χ3v) is 5.77. The van der Waals surface area contributed by atoms with E-state index in [0.717, 1.165) is 28.8 Å². The van der Waals surface area contributed by atoms with Gasteiger partial charge in [-0.15, -0.1) is 11.3 Å². The van der Waals surface area contributed by atoms with E-state index in [4.69, 9.17) is 0 Å². The number of amides is 3. The highest BCUT2D eigenvalue weighted by atomic mass is 32.1. The summed E-state index contributed by atoms with van der Waals surface area (Å²) in [5.74, 6) is -0.685. The smallest absolute Gasteiger partial charge is 0.264 e. The summed E-state index contributed by atoms with van der Waals surface area (Å²) in [6.45, 7) is 6.34. The van der Waals surface area contributed by atoms with Gasteiger partial charge in [0.1, 0.15) is 6.04 Å². The van der Waals surface area contributed by atoms with Gasteiger partial charge in [0.05, 0.1) is 11.4 Å². The summed E-state index contributed by atoms with van der Waals surface area (Å²) in [6.07, 6.45) is 1.39. The van der Waals surface area contributed by atoms with Crippen LogP contribution in [0.2, 0.25) is 0 Å². The highest BCUT2D eigenvalue weighted by molar-refractivity contribution is 7.12. The minimum absolute atomic E-state index is 0.122. The first-order chi connectivity index (χ1) is 13.4. The predicted octanol–water partition coefficient (Wildman–Crippen LogP) is 3.03. The number of nitrogens with zero attached hydrogens (tertiary/aromatic N) is 1. The van der Waals surface area contributed by atoms with Gasteiger partial charge in [-0.2, -0.15) is 0 Å². The van der Waals surface area contributed by atoms with E-state index >= 15 is 0 Å². The Morgan fingerprint density at radius 3 is 2.54 bits per heavy atom. The highest BCUT2D eigenvalue weighted by Gasteiger charge is 2.34. The number of aryl methyl sites for hydroxylation is 3. The molecule has 2 heterocycles. The van der Waals surface area contributed by atoms with Crippen LogP contribution in [0, 0.1) is 20.8 Å². The van der Waals surface area contributed by atoms with E-state index in [0.29, 0.717) is 17.8 Å². The number of rotatable bonds is 5. The molecule has 1 aromatic heterocycles. The fourth-order valence-corrected chi connectivity index (χ4v) is 4.35. The summed E-state index contributed by atoms with van der Waals surface area (Å²) in [6, 6.07) is 7.08. The molecule has 1 fully saturated rings. The van der Waals surface area contributed by atoms with Crippen molar-refractivity contribution in [3.63, 3.8) is 0 Å². The Morgan fingerprint density at radius 2 is 1.89 bits per heavy atom. The van der Waals surface area contributed by atoms with Crippen LogP contribution in [0.3, 0.4) is 0 Å². The monoisotopic (exact) mass is 399 g/mol. The van der Waals surface area contributed by atoms with Crippen LogP contribution in [0.5, 0.6) is 0 Å². The maximum Gasteiger partial charge on any atom is 0.264 e. The Kier molecular flexibility index (Phi) is 6.14. The van der Waals surface area contributed by atoms with Gasteiger partial charge >= 0.3 is 0 Å². The molecule has 3 rings (SSSR count). The number of carbonyl (C=O) groups excluding carboxylic acids is 3. The summed E-state index contributed by atoms with van der Waals surface area (Å²) in [7, 11) is 0. The van der Waals surface area contributed by atoms with Crippen molar-refractivity contribution in [3.8, 4) is 0 Å². The van der Waals surface area contributed by atoms with Gasteiger partial charge in [-0.25, -0.2) is 0 Å². The lowest BCUT2D eigenvalue weighted by Crippen LogP contribution is -2.47. The second-order valence-electron chi connectivity index (χ2n) is 7.17. The van der Waals surface area contributed by atoms with Crippen LogP contribution in [-0.4, -0.2) is 41.8 Å². The molecular weight excluding hydrogens is 374 g/mol. The van der Waals surface area contributed by atoms with Crippen molar-refractivity contribution in [1.82, 2.24) is 10.2 Å². The fourth-order valence-electron chi connectivity index (χ4n) is 3.67. The highest BCUT2D eigenvalue weighted by Crippen LogP contribution is 2.23. The number of hydrogen-bond donors (Lipinski definition) is 2. The van der Waals surface area contributed by atoms with E-state index in [9.17, 15) is 14.4 Å². The fraction of sp³-hybridized carbons (Fsp3) is 0.381. The zero-order valence-electron chi connectivity index (χ0n) is 16.4. The van der Waals surface area contributed by atoms with Crippen molar-refractivity contribution < 1.29 is 14.4 Å². The quantitative estimate of drug-likeness (QED) is 0.811. The van der Waals surface area contributed by atoms with E-state index in [1.54, 1.807) is 11.0 Å². The van der Waals surface area contributed by atoms with Gasteiger partial charge < -0.3 is 15.5 Å². The van der Waals surface area contributed by atoms with Crippen LogP contribution in [0.1, 0.15) is 39.2 Å². The zero-order chi connectivity index (χ0) is 20.3. The summed E-state index contributed by atoms with van der Waals surface area (Å²) in [4.78, 5) is 39.7. The Balaban J connectivity index is 1.57. The molecule has 7 heteroatoms. The average molecular weight is 400 g/mol. The van der Waals surface area contributed by atoms with Crippen LogP contribution in [0.15, 0.2) is 29.6 Å². The van der Waals surface area contributed by atoms with Crippen LogP contribution in [-0.2, 0) is 9.59 Å². The predicted molar refractivity (Wildman–Crippen MR) is 111 cm³/mol. The Morgan fingerprint density at radius 1 is 1.18 bits per heavy atom. The van der Waals surface area contributed by atoms with Gasteiger partial charge in [0, 0.05) is 12.2 Å². The maximum absolute atomic E-state index is 12.6. The topological polar surface area (TPSA) is 78.5 Å². The molecule has 0 aliphatic carbocycles. The minimum atomic E-state index is -0.523. The number of anilines is 1. The van der Waals surface area contributed by atoms with Crippen molar-refractivity contribution in [2.24, 2.45) is 0 Å².